The summed E-state index contributed by atoms with van der Waals surface area (Å²) in [5.41, 5.74) is -0.270. The molecule has 3 heterocycles. The number of esters is 1. The third kappa shape index (κ3) is 5.65. The fourth-order valence-corrected chi connectivity index (χ4v) is 7.60. The number of amides is 2. The maximum absolute atomic E-state index is 14.5. The lowest BCUT2D eigenvalue weighted by Gasteiger charge is -2.39. The van der Waals surface area contributed by atoms with Crippen molar-refractivity contribution in [2.24, 2.45) is 11.8 Å². The predicted octanol–water partition coefficient (Wildman–Crippen LogP) is 3.66. The molecule has 1 aromatic carbocycles. The van der Waals surface area contributed by atoms with Gasteiger partial charge in [-0.3, -0.25) is 14.4 Å². The highest BCUT2D eigenvalue weighted by Crippen LogP contribution is 2.60. The zero-order valence-electron chi connectivity index (χ0n) is 23.3. The molecule has 0 radical (unpaired) electrons. The standard InChI is InChI=1S/C31H41BrN2O6/c1-4-7-12-16-33(15-6-3)29(37)27-31-19-23(32)26(40-31)24(30(38)39-17-8-5-2)25(31)28(36)34(27)22(20-35)18-21-13-10-9-11-14-21/h5-6,9-11,13-14,22-27,35H,2-4,7-8,12,15-20H2,1H3/t22-,23?,24-,25+,26-,27?,31?/m1/s1. The van der Waals surface area contributed by atoms with E-state index in [1.807, 2.05) is 30.3 Å². The van der Waals surface area contributed by atoms with E-state index < -0.39 is 41.6 Å². The molecule has 2 bridgehead atoms. The van der Waals surface area contributed by atoms with Crippen LogP contribution >= 0.6 is 15.9 Å². The van der Waals surface area contributed by atoms with Gasteiger partial charge in [-0.25, -0.2) is 0 Å². The minimum absolute atomic E-state index is 0.163. The van der Waals surface area contributed by atoms with Gasteiger partial charge in [0.15, 0.2) is 0 Å². The second-order valence-corrected chi connectivity index (χ2v) is 12.1. The summed E-state index contributed by atoms with van der Waals surface area (Å²) in [4.78, 5) is 45.2. The van der Waals surface area contributed by atoms with Crippen LogP contribution in [0, 0.1) is 11.8 Å². The zero-order valence-corrected chi connectivity index (χ0v) is 24.8. The number of alkyl halides is 1. The molecule has 3 unspecified atom stereocenters. The first-order chi connectivity index (χ1) is 19.3. The van der Waals surface area contributed by atoms with Crippen LogP contribution in [0.1, 0.15) is 44.6 Å². The summed E-state index contributed by atoms with van der Waals surface area (Å²) in [5.74, 6) is -2.80. The monoisotopic (exact) mass is 616 g/mol. The molecule has 3 aliphatic rings. The van der Waals surface area contributed by atoms with Crippen molar-refractivity contribution in [3.05, 3.63) is 61.2 Å². The summed E-state index contributed by atoms with van der Waals surface area (Å²) in [5, 5.41) is 10.6. The van der Waals surface area contributed by atoms with Gasteiger partial charge in [-0.1, -0.05) is 78.2 Å². The number of benzene rings is 1. The van der Waals surface area contributed by atoms with Gasteiger partial charge in [-0.15, -0.1) is 13.2 Å². The maximum Gasteiger partial charge on any atom is 0.312 e. The maximum atomic E-state index is 14.5. The number of rotatable bonds is 15. The lowest BCUT2D eigenvalue weighted by atomic mass is 9.70. The molecule has 1 spiro atoms. The first-order valence-corrected chi connectivity index (χ1v) is 15.2. The van der Waals surface area contributed by atoms with Crippen LogP contribution in [0.5, 0.6) is 0 Å². The average Bonchev–Trinajstić information content (AvgIpc) is 3.55. The van der Waals surface area contributed by atoms with Crippen molar-refractivity contribution in [3.63, 3.8) is 0 Å². The molecule has 1 N–H and O–H groups in total. The van der Waals surface area contributed by atoms with Crippen LogP contribution in [0.15, 0.2) is 55.6 Å². The summed E-state index contributed by atoms with van der Waals surface area (Å²) in [7, 11) is 0. The van der Waals surface area contributed by atoms with E-state index in [-0.39, 0.29) is 29.9 Å². The fraction of sp³-hybridized carbons (Fsp3) is 0.581. The van der Waals surface area contributed by atoms with Crippen molar-refractivity contribution < 1.29 is 29.0 Å². The molecular weight excluding hydrogens is 576 g/mol. The highest BCUT2D eigenvalue weighted by molar-refractivity contribution is 9.09. The Hall–Kier alpha value is -2.49. The Balaban J connectivity index is 1.75. The van der Waals surface area contributed by atoms with Crippen LogP contribution in [0.4, 0.5) is 0 Å². The summed E-state index contributed by atoms with van der Waals surface area (Å²) < 4.78 is 12.1. The van der Waals surface area contributed by atoms with E-state index >= 15 is 0 Å². The van der Waals surface area contributed by atoms with Crippen molar-refractivity contribution in [1.29, 1.82) is 0 Å². The Morgan fingerprint density at radius 2 is 2.02 bits per heavy atom. The van der Waals surface area contributed by atoms with Crippen LogP contribution in [0.3, 0.4) is 0 Å². The highest BCUT2D eigenvalue weighted by Gasteiger charge is 2.77. The summed E-state index contributed by atoms with van der Waals surface area (Å²) in [6.07, 6.45) is 6.83. The summed E-state index contributed by atoms with van der Waals surface area (Å²) in [6, 6.07) is 7.93. The van der Waals surface area contributed by atoms with Crippen LogP contribution in [-0.4, -0.2) is 87.6 Å². The third-order valence-electron chi connectivity index (χ3n) is 8.41. The fourth-order valence-electron chi connectivity index (χ4n) is 6.66. The van der Waals surface area contributed by atoms with Gasteiger partial charge < -0.3 is 24.4 Å². The van der Waals surface area contributed by atoms with Crippen molar-refractivity contribution in [1.82, 2.24) is 9.80 Å². The van der Waals surface area contributed by atoms with E-state index in [1.165, 1.54) is 4.90 Å². The molecule has 4 rings (SSSR count). The van der Waals surface area contributed by atoms with Gasteiger partial charge in [0.2, 0.25) is 11.8 Å². The molecule has 3 saturated heterocycles. The van der Waals surface area contributed by atoms with E-state index in [4.69, 9.17) is 9.47 Å². The minimum atomic E-state index is -1.20. The van der Waals surface area contributed by atoms with Gasteiger partial charge in [0, 0.05) is 17.9 Å². The van der Waals surface area contributed by atoms with Crippen molar-refractivity contribution in [3.8, 4) is 0 Å². The van der Waals surface area contributed by atoms with Crippen molar-refractivity contribution in [2.45, 2.75) is 74.1 Å². The molecule has 3 fully saturated rings. The smallest absolute Gasteiger partial charge is 0.312 e. The zero-order chi connectivity index (χ0) is 28.9. The molecule has 0 aliphatic carbocycles. The average molecular weight is 618 g/mol. The number of unbranched alkanes of at least 4 members (excludes halogenated alkanes) is 2. The molecule has 2 amide bonds. The Morgan fingerprint density at radius 1 is 1.27 bits per heavy atom. The minimum Gasteiger partial charge on any atom is -0.465 e. The number of fused-ring (bicyclic) bond motifs is 1. The number of likely N-dealkylation sites (tertiary alicyclic amines) is 1. The second kappa shape index (κ2) is 13.4. The number of nitrogens with zero attached hydrogens (tertiary/aromatic N) is 2. The molecule has 7 atom stereocenters. The normalized spacial score (nSPS) is 29.2. The van der Waals surface area contributed by atoms with Gasteiger partial charge in [0.1, 0.15) is 11.6 Å². The summed E-state index contributed by atoms with van der Waals surface area (Å²) in [6.45, 7) is 10.3. The molecule has 3 aliphatic heterocycles. The largest absolute Gasteiger partial charge is 0.465 e. The first kappa shape index (κ1) is 30.5. The van der Waals surface area contributed by atoms with E-state index in [2.05, 4.69) is 36.0 Å². The van der Waals surface area contributed by atoms with Crippen LogP contribution in [0.25, 0.3) is 0 Å². The Labute approximate surface area is 245 Å². The SMILES string of the molecule is C=CCCOC(=O)[C@H]1[C@@H]2OC3(CC2Br)C(C(=O)N(CC=C)CCCCC)N([C@@H](CO)Cc2ccccc2)C(=O)[C@H]13. The van der Waals surface area contributed by atoms with Crippen LogP contribution < -0.4 is 0 Å². The molecule has 0 saturated carbocycles. The first-order valence-electron chi connectivity index (χ1n) is 14.3. The van der Waals surface area contributed by atoms with Gasteiger partial charge in [-0.05, 0) is 31.2 Å². The van der Waals surface area contributed by atoms with Gasteiger partial charge >= 0.3 is 5.97 Å². The number of carbonyl (C=O) groups excluding carboxylic acids is 3. The van der Waals surface area contributed by atoms with Gasteiger partial charge in [0.05, 0.1) is 37.2 Å². The number of aliphatic hydroxyl groups excluding tert-OH is 1. The molecular formula is C31H41BrN2O6. The van der Waals surface area contributed by atoms with Crippen LogP contribution in [0.2, 0.25) is 0 Å². The number of carbonyl (C=O) groups is 3. The molecule has 40 heavy (non-hydrogen) atoms. The second-order valence-electron chi connectivity index (χ2n) is 11.0. The quantitative estimate of drug-likeness (QED) is 0.140. The number of aliphatic hydroxyl groups is 1. The van der Waals surface area contributed by atoms with Gasteiger partial charge in [0.25, 0.3) is 0 Å². The molecule has 0 aromatic heterocycles. The van der Waals surface area contributed by atoms with E-state index in [1.54, 1.807) is 17.1 Å². The van der Waals surface area contributed by atoms with Crippen molar-refractivity contribution >= 4 is 33.7 Å². The lowest BCUT2D eigenvalue weighted by Crippen LogP contribution is -2.59. The van der Waals surface area contributed by atoms with Crippen molar-refractivity contribution in [2.75, 3.05) is 26.3 Å². The van der Waals surface area contributed by atoms with E-state index in [0.29, 0.717) is 32.4 Å². The van der Waals surface area contributed by atoms with E-state index in [0.717, 1.165) is 24.8 Å². The lowest BCUT2D eigenvalue weighted by molar-refractivity contribution is -0.156. The van der Waals surface area contributed by atoms with E-state index in [9.17, 15) is 19.5 Å². The predicted molar refractivity (Wildman–Crippen MR) is 156 cm³/mol. The molecule has 1 aromatic rings. The van der Waals surface area contributed by atoms with Gasteiger partial charge in [-0.2, -0.15) is 0 Å². The van der Waals surface area contributed by atoms with Crippen LogP contribution in [-0.2, 0) is 30.3 Å². The third-order valence-corrected chi connectivity index (χ3v) is 9.26. The number of hydrogen-bond acceptors (Lipinski definition) is 6. The number of halogens is 1. The topological polar surface area (TPSA) is 96.4 Å². The number of ether oxygens (including phenoxy) is 2. The highest BCUT2D eigenvalue weighted by atomic mass is 79.9. The Kier molecular flexibility index (Phi) is 10.2. The molecule has 218 valence electrons. The molecule has 8 nitrogen and oxygen atoms in total. The summed E-state index contributed by atoms with van der Waals surface area (Å²) >= 11 is 3.69. The Morgan fingerprint density at radius 3 is 2.67 bits per heavy atom. The molecule has 9 heteroatoms. The number of hydrogen-bond donors (Lipinski definition) is 1. The Bertz CT molecular complexity index is 1080.